The summed E-state index contributed by atoms with van der Waals surface area (Å²) in [5.41, 5.74) is 5.06. The van der Waals surface area contributed by atoms with E-state index in [4.69, 9.17) is 0 Å². The van der Waals surface area contributed by atoms with Crippen LogP contribution in [0.4, 0.5) is 0 Å². The largest absolute Gasteiger partial charge is 0.289 e. The maximum absolute atomic E-state index is 12.7. The molecule has 0 radical (unpaired) electrons. The second kappa shape index (κ2) is 6.45. The quantitative estimate of drug-likeness (QED) is 0.551. The van der Waals surface area contributed by atoms with E-state index in [-0.39, 0.29) is 11.2 Å². The molecule has 0 atom stereocenters. The number of hydrogen-bond acceptors (Lipinski definition) is 1. The first-order valence-electron chi connectivity index (χ1n) is 8.26. The highest BCUT2D eigenvalue weighted by Gasteiger charge is 2.15. The van der Waals surface area contributed by atoms with Crippen LogP contribution in [0.3, 0.4) is 0 Å². The van der Waals surface area contributed by atoms with Crippen molar-refractivity contribution in [2.24, 2.45) is 0 Å². The molecule has 0 heterocycles. The molecule has 3 aromatic rings. The fraction of sp³-hybridized carbons (Fsp3) is 0.174. The van der Waals surface area contributed by atoms with Crippen molar-refractivity contribution < 1.29 is 4.79 Å². The van der Waals surface area contributed by atoms with Crippen molar-refractivity contribution in [3.05, 3.63) is 95.6 Å². The molecule has 0 aliphatic carbocycles. The van der Waals surface area contributed by atoms with Crippen molar-refractivity contribution in [3.63, 3.8) is 0 Å². The lowest BCUT2D eigenvalue weighted by Gasteiger charge is -2.19. The lowest BCUT2D eigenvalue weighted by atomic mass is 9.86. The van der Waals surface area contributed by atoms with E-state index in [1.54, 1.807) is 0 Å². The topological polar surface area (TPSA) is 17.1 Å². The molecule has 0 aliphatic rings. The number of hydrogen-bond donors (Lipinski definition) is 0. The molecule has 0 saturated heterocycles. The van der Waals surface area contributed by atoms with Crippen molar-refractivity contribution >= 4 is 5.78 Å². The van der Waals surface area contributed by atoms with Crippen LogP contribution in [0.5, 0.6) is 0 Å². The molecular formula is C23H22O. The van der Waals surface area contributed by atoms with E-state index < -0.39 is 0 Å². The maximum atomic E-state index is 12.7. The van der Waals surface area contributed by atoms with Crippen LogP contribution in [-0.2, 0) is 5.41 Å². The Morgan fingerprint density at radius 1 is 0.625 bits per heavy atom. The van der Waals surface area contributed by atoms with Gasteiger partial charge in [0.25, 0.3) is 0 Å². The Morgan fingerprint density at radius 3 is 1.58 bits per heavy atom. The minimum absolute atomic E-state index is 0.0649. The number of ketones is 1. The Kier molecular flexibility index (Phi) is 4.35. The summed E-state index contributed by atoms with van der Waals surface area (Å²) in [5, 5.41) is 0. The second-order valence-corrected chi connectivity index (χ2v) is 7.10. The third-order valence-corrected chi connectivity index (χ3v) is 4.27. The zero-order chi connectivity index (χ0) is 17.2. The maximum Gasteiger partial charge on any atom is 0.193 e. The lowest BCUT2D eigenvalue weighted by Crippen LogP contribution is -2.11. The van der Waals surface area contributed by atoms with E-state index >= 15 is 0 Å². The van der Waals surface area contributed by atoms with E-state index in [9.17, 15) is 4.79 Å². The molecule has 0 saturated carbocycles. The minimum Gasteiger partial charge on any atom is -0.289 e. The molecule has 120 valence electrons. The molecule has 0 bridgehead atoms. The van der Waals surface area contributed by atoms with Crippen LogP contribution in [0.2, 0.25) is 0 Å². The van der Waals surface area contributed by atoms with Crippen LogP contribution < -0.4 is 0 Å². The molecule has 0 unspecified atom stereocenters. The molecule has 1 nitrogen and oxygen atoms in total. The second-order valence-electron chi connectivity index (χ2n) is 7.10. The number of benzene rings is 3. The van der Waals surface area contributed by atoms with Crippen LogP contribution >= 0.6 is 0 Å². The van der Waals surface area contributed by atoms with Gasteiger partial charge in [-0.05, 0) is 22.1 Å². The van der Waals surface area contributed by atoms with Gasteiger partial charge in [-0.15, -0.1) is 0 Å². The molecule has 0 N–H and O–H groups in total. The van der Waals surface area contributed by atoms with Gasteiger partial charge < -0.3 is 0 Å². The smallest absolute Gasteiger partial charge is 0.193 e. The van der Waals surface area contributed by atoms with E-state index in [0.717, 1.165) is 22.3 Å². The number of carbonyl (C=O) groups excluding carboxylic acids is 1. The molecule has 3 aromatic carbocycles. The van der Waals surface area contributed by atoms with E-state index in [0.29, 0.717) is 0 Å². The third kappa shape index (κ3) is 3.46. The Labute approximate surface area is 144 Å². The van der Waals surface area contributed by atoms with Gasteiger partial charge >= 0.3 is 0 Å². The molecule has 1 heteroatoms. The minimum atomic E-state index is 0.0649. The molecule has 3 rings (SSSR count). The monoisotopic (exact) mass is 314 g/mol. The van der Waals surface area contributed by atoms with Crippen LogP contribution in [0.25, 0.3) is 11.1 Å². The van der Waals surface area contributed by atoms with Gasteiger partial charge in [0.15, 0.2) is 5.78 Å². The van der Waals surface area contributed by atoms with E-state index in [2.05, 4.69) is 32.9 Å². The summed E-state index contributed by atoms with van der Waals surface area (Å²) < 4.78 is 0. The number of carbonyl (C=O) groups is 1. The molecule has 0 amide bonds. The van der Waals surface area contributed by atoms with Crippen molar-refractivity contribution in [1.82, 2.24) is 0 Å². The van der Waals surface area contributed by atoms with Gasteiger partial charge in [0.1, 0.15) is 0 Å². The Hall–Kier alpha value is -2.67. The SMILES string of the molecule is CC(C)(C)c1ccc(C(=O)c2ccc(-c3ccccc3)cc2)cc1. The van der Waals surface area contributed by atoms with Crippen LogP contribution in [0, 0.1) is 0 Å². The van der Waals surface area contributed by atoms with Crippen LogP contribution in [-0.4, -0.2) is 5.78 Å². The first kappa shape index (κ1) is 16.2. The van der Waals surface area contributed by atoms with Gasteiger partial charge in [0.2, 0.25) is 0 Å². The normalized spacial score (nSPS) is 11.3. The first-order chi connectivity index (χ1) is 11.4. The van der Waals surface area contributed by atoms with Crippen molar-refractivity contribution in [2.75, 3.05) is 0 Å². The zero-order valence-electron chi connectivity index (χ0n) is 14.4. The fourth-order valence-electron chi connectivity index (χ4n) is 2.73. The highest BCUT2D eigenvalue weighted by Crippen LogP contribution is 2.24. The summed E-state index contributed by atoms with van der Waals surface area (Å²) in [6.07, 6.45) is 0. The van der Waals surface area contributed by atoms with Gasteiger partial charge in [0, 0.05) is 11.1 Å². The van der Waals surface area contributed by atoms with Gasteiger partial charge in [-0.3, -0.25) is 4.79 Å². The predicted octanol–water partition coefficient (Wildman–Crippen LogP) is 5.88. The van der Waals surface area contributed by atoms with Crippen molar-refractivity contribution in [3.8, 4) is 11.1 Å². The average Bonchev–Trinajstić information content (AvgIpc) is 2.61. The Morgan fingerprint density at radius 2 is 1.08 bits per heavy atom. The van der Waals surface area contributed by atoms with E-state index in [1.807, 2.05) is 66.7 Å². The highest BCUT2D eigenvalue weighted by atomic mass is 16.1. The highest BCUT2D eigenvalue weighted by molar-refractivity contribution is 6.09. The molecular weight excluding hydrogens is 292 g/mol. The third-order valence-electron chi connectivity index (χ3n) is 4.27. The predicted molar refractivity (Wildman–Crippen MR) is 100 cm³/mol. The van der Waals surface area contributed by atoms with Gasteiger partial charge in [-0.1, -0.05) is 99.6 Å². The van der Waals surface area contributed by atoms with Crippen molar-refractivity contribution in [2.45, 2.75) is 26.2 Å². The number of rotatable bonds is 3. The van der Waals surface area contributed by atoms with Crippen LogP contribution in [0.15, 0.2) is 78.9 Å². The standard InChI is InChI=1S/C23H22O/c1-23(2,3)21-15-13-20(14-16-21)22(24)19-11-9-18(10-12-19)17-7-5-4-6-8-17/h4-16H,1-3H3. The lowest BCUT2D eigenvalue weighted by molar-refractivity contribution is 0.103. The summed E-state index contributed by atoms with van der Waals surface area (Å²) in [6.45, 7) is 6.52. The van der Waals surface area contributed by atoms with Gasteiger partial charge in [-0.25, -0.2) is 0 Å². The first-order valence-corrected chi connectivity index (χ1v) is 8.26. The molecule has 0 fully saturated rings. The molecule has 0 aliphatic heterocycles. The molecule has 0 aromatic heterocycles. The van der Waals surface area contributed by atoms with Crippen molar-refractivity contribution in [1.29, 1.82) is 0 Å². The van der Waals surface area contributed by atoms with Gasteiger partial charge in [-0.2, -0.15) is 0 Å². The molecule has 24 heavy (non-hydrogen) atoms. The summed E-state index contributed by atoms with van der Waals surface area (Å²) in [7, 11) is 0. The zero-order valence-corrected chi connectivity index (χ0v) is 14.4. The summed E-state index contributed by atoms with van der Waals surface area (Å²) in [4.78, 5) is 12.7. The summed E-state index contributed by atoms with van der Waals surface area (Å²) in [5.74, 6) is 0.0649. The Bertz CT molecular complexity index is 820. The van der Waals surface area contributed by atoms with Gasteiger partial charge in [0.05, 0.1) is 0 Å². The fourth-order valence-corrected chi connectivity index (χ4v) is 2.73. The average molecular weight is 314 g/mol. The Balaban J connectivity index is 1.83. The summed E-state index contributed by atoms with van der Waals surface area (Å²) in [6, 6.07) is 25.9. The summed E-state index contributed by atoms with van der Waals surface area (Å²) >= 11 is 0. The molecule has 0 spiro atoms. The van der Waals surface area contributed by atoms with E-state index in [1.165, 1.54) is 5.56 Å². The van der Waals surface area contributed by atoms with Crippen LogP contribution in [0.1, 0.15) is 42.3 Å².